The van der Waals surface area contributed by atoms with Gasteiger partial charge in [-0.3, -0.25) is 9.59 Å². The van der Waals surface area contributed by atoms with Gasteiger partial charge in [-0.2, -0.15) is 5.26 Å². The van der Waals surface area contributed by atoms with E-state index in [4.69, 9.17) is 5.26 Å². The molecule has 1 heterocycles. The molecule has 30 heavy (non-hydrogen) atoms. The number of hydrogen-bond acceptors (Lipinski definition) is 3. The molecule has 154 valence electrons. The fraction of sp³-hybridized carbons (Fsp3) is 0.400. The summed E-state index contributed by atoms with van der Waals surface area (Å²) in [5, 5.41) is 11.9. The lowest BCUT2D eigenvalue weighted by molar-refractivity contribution is -0.114. The van der Waals surface area contributed by atoms with Crippen molar-refractivity contribution < 1.29 is 9.59 Å². The Morgan fingerprint density at radius 2 is 1.70 bits per heavy atom. The number of carbonyl (C=O) groups is 2. The summed E-state index contributed by atoms with van der Waals surface area (Å²) in [5.41, 5.74) is 4.47. The van der Waals surface area contributed by atoms with Crippen LogP contribution in [-0.2, 0) is 4.79 Å². The number of piperidine rings is 1. The number of hydrogen-bond donors (Lipinski definition) is 1. The first-order chi connectivity index (χ1) is 14.5. The third-order valence-corrected chi connectivity index (χ3v) is 6.45. The zero-order valence-electron chi connectivity index (χ0n) is 17.4. The Morgan fingerprint density at radius 3 is 2.27 bits per heavy atom. The number of anilines is 1. The monoisotopic (exact) mass is 401 g/mol. The van der Waals surface area contributed by atoms with Gasteiger partial charge in [-0.25, -0.2) is 0 Å². The van der Waals surface area contributed by atoms with E-state index in [1.807, 2.05) is 47.4 Å². The largest absolute Gasteiger partial charge is 0.339 e. The summed E-state index contributed by atoms with van der Waals surface area (Å²) in [6.07, 6.45) is 5.33. The van der Waals surface area contributed by atoms with Crippen molar-refractivity contribution in [2.75, 3.05) is 18.4 Å². The highest BCUT2D eigenvalue weighted by Crippen LogP contribution is 2.40. The minimum absolute atomic E-state index is 0.0278. The fourth-order valence-electron chi connectivity index (χ4n) is 4.49. The molecule has 5 nitrogen and oxygen atoms in total. The number of nitrogens with zero attached hydrogens (tertiary/aromatic N) is 2. The van der Waals surface area contributed by atoms with Crippen LogP contribution < -0.4 is 5.32 Å². The van der Waals surface area contributed by atoms with E-state index in [9.17, 15) is 9.59 Å². The van der Waals surface area contributed by atoms with Gasteiger partial charge in [0.2, 0.25) is 5.91 Å². The predicted molar refractivity (Wildman–Crippen MR) is 116 cm³/mol. The van der Waals surface area contributed by atoms with Gasteiger partial charge in [0.25, 0.3) is 5.91 Å². The van der Waals surface area contributed by atoms with Gasteiger partial charge in [0.05, 0.1) is 11.6 Å². The van der Waals surface area contributed by atoms with Crippen molar-refractivity contribution >= 4 is 17.5 Å². The third-order valence-electron chi connectivity index (χ3n) is 6.45. The van der Waals surface area contributed by atoms with Crippen molar-refractivity contribution in [1.82, 2.24) is 4.90 Å². The molecule has 4 rings (SSSR count). The number of rotatable bonds is 4. The topological polar surface area (TPSA) is 73.2 Å². The Morgan fingerprint density at radius 1 is 1.00 bits per heavy atom. The Hall–Kier alpha value is -3.13. The summed E-state index contributed by atoms with van der Waals surface area (Å²) in [4.78, 5) is 26.7. The van der Waals surface area contributed by atoms with Gasteiger partial charge in [-0.1, -0.05) is 24.6 Å². The second-order valence-electron chi connectivity index (χ2n) is 8.41. The van der Waals surface area contributed by atoms with Crippen LogP contribution >= 0.6 is 0 Å². The molecule has 0 atom stereocenters. The normalized spacial score (nSPS) is 17.1. The van der Waals surface area contributed by atoms with Crippen LogP contribution in [0.25, 0.3) is 0 Å². The number of nitriles is 1. The molecule has 2 aromatic carbocycles. The van der Waals surface area contributed by atoms with Gasteiger partial charge in [-0.05, 0) is 72.9 Å². The Kier molecular flexibility index (Phi) is 5.85. The van der Waals surface area contributed by atoms with Crippen molar-refractivity contribution in [3.05, 3.63) is 64.7 Å². The first kappa shape index (κ1) is 20.2. The second-order valence-corrected chi connectivity index (χ2v) is 8.41. The van der Waals surface area contributed by atoms with Crippen LogP contribution in [0.5, 0.6) is 0 Å². The Balaban J connectivity index is 1.44. The molecular weight excluding hydrogens is 374 g/mol. The number of carbonyl (C=O) groups excluding carboxylic acids is 2. The molecule has 5 heteroatoms. The van der Waals surface area contributed by atoms with Crippen LogP contribution in [0, 0.1) is 11.3 Å². The highest BCUT2D eigenvalue weighted by Gasteiger charge is 2.27. The van der Waals surface area contributed by atoms with Crippen LogP contribution in [0.1, 0.15) is 77.9 Å². The van der Waals surface area contributed by atoms with E-state index in [0.717, 1.165) is 36.9 Å². The molecule has 1 N–H and O–H groups in total. The summed E-state index contributed by atoms with van der Waals surface area (Å²) in [6, 6.07) is 15.7. The second kappa shape index (κ2) is 8.71. The lowest BCUT2D eigenvalue weighted by atomic mass is 9.79. The summed E-state index contributed by atoms with van der Waals surface area (Å²) in [6.45, 7) is 2.93. The number of benzene rings is 2. The zero-order valence-corrected chi connectivity index (χ0v) is 17.4. The van der Waals surface area contributed by atoms with E-state index in [-0.39, 0.29) is 11.8 Å². The summed E-state index contributed by atoms with van der Waals surface area (Å²) in [7, 11) is 0. The molecule has 1 saturated carbocycles. The van der Waals surface area contributed by atoms with Gasteiger partial charge < -0.3 is 10.2 Å². The molecule has 0 radical (unpaired) electrons. The maximum atomic E-state index is 13.1. The van der Waals surface area contributed by atoms with E-state index in [1.165, 1.54) is 18.9 Å². The molecule has 1 aliphatic carbocycles. The van der Waals surface area contributed by atoms with E-state index >= 15 is 0 Å². The highest BCUT2D eigenvalue weighted by molar-refractivity contribution is 5.97. The van der Waals surface area contributed by atoms with E-state index in [0.29, 0.717) is 36.1 Å². The molecule has 0 bridgehead atoms. The van der Waals surface area contributed by atoms with Crippen molar-refractivity contribution in [2.45, 2.75) is 50.9 Å². The standard InChI is InChI=1S/C25H27N3O2/c1-17(29)27-24-15-22(9-10-23(24)21-3-2-4-21)25(30)28-13-11-20(12-14-28)19-7-5-18(16-26)6-8-19/h5-10,15,20-21H,2-4,11-14H2,1H3,(H,27,29). The van der Waals surface area contributed by atoms with Crippen LogP contribution in [0.2, 0.25) is 0 Å². The van der Waals surface area contributed by atoms with Gasteiger partial charge in [0, 0.05) is 31.3 Å². The van der Waals surface area contributed by atoms with Gasteiger partial charge >= 0.3 is 0 Å². The number of likely N-dealkylation sites (tertiary alicyclic amines) is 1. The first-order valence-electron chi connectivity index (χ1n) is 10.8. The molecular formula is C25H27N3O2. The quantitative estimate of drug-likeness (QED) is 0.799. The fourth-order valence-corrected chi connectivity index (χ4v) is 4.49. The number of amides is 2. The van der Waals surface area contributed by atoms with Crippen LogP contribution in [-0.4, -0.2) is 29.8 Å². The highest BCUT2D eigenvalue weighted by atomic mass is 16.2. The maximum Gasteiger partial charge on any atom is 0.253 e. The van der Waals surface area contributed by atoms with Crippen molar-refractivity contribution in [3.63, 3.8) is 0 Å². The van der Waals surface area contributed by atoms with Crippen molar-refractivity contribution in [2.24, 2.45) is 0 Å². The SMILES string of the molecule is CC(=O)Nc1cc(C(=O)N2CCC(c3ccc(C#N)cc3)CC2)ccc1C1CCC1. The average molecular weight is 402 g/mol. The summed E-state index contributed by atoms with van der Waals surface area (Å²) >= 11 is 0. The Labute approximate surface area is 177 Å². The molecule has 2 aliphatic rings. The average Bonchev–Trinajstić information content (AvgIpc) is 2.73. The maximum absolute atomic E-state index is 13.1. The summed E-state index contributed by atoms with van der Waals surface area (Å²) in [5.74, 6) is 0.820. The van der Waals surface area contributed by atoms with Gasteiger partial charge in [0.1, 0.15) is 0 Å². The smallest absolute Gasteiger partial charge is 0.253 e. The van der Waals surface area contributed by atoms with Crippen LogP contribution in [0.4, 0.5) is 5.69 Å². The molecule has 2 amide bonds. The predicted octanol–water partition coefficient (Wildman–Crippen LogP) is 4.80. The first-order valence-corrected chi connectivity index (χ1v) is 10.8. The van der Waals surface area contributed by atoms with Crippen molar-refractivity contribution in [1.29, 1.82) is 5.26 Å². The zero-order chi connectivity index (χ0) is 21.1. The van der Waals surface area contributed by atoms with Gasteiger partial charge in [0.15, 0.2) is 0 Å². The molecule has 1 saturated heterocycles. The lowest BCUT2D eigenvalue weighted by Crippen LogP contribution is -2.38. The van der Waals surface area contributed by atoms with Crippen molar-refractivity contribution in [3.8, 4) is 6.07 Å². The van der Waals surface area contributed by atoms with Crippen LogP contribution in [0.15, 0.2) is 42.5 Å². The molecule has 0 aromatic heterocycles. The minimum atomic E-state index is -0.108. The van der Waals surface area contributed by atoms with Crippen LogP contribution in [0.3, 0.4) is 0 Å². The molecule has 0 spiro atoms. The van der Waals surface area contributed by atoms with Gasteiger partial charge in [-0.15, -0.1) is 0 Å². The molecule has 0 unspecified atom stereocenters. The summed E-state index contributed by atoms with van der Waals surface area (Å²) < 4.78 is 0. The third kappa shape index (κ3) is 4.23. The Bertz CT molecular complexity index is 978. The lowest BCUT2D eigenvalue weighted by Gasteiger charge is -2.33. The molecule has 2 fully saturated rings. The minimum Gasteiger partial charge on any atom is -0.339 e. The van der Waals surface area contributed by atoms with E-state index < -0.39 is 0 Å². The van der Waals surface area contributed by atoms with E-state index in [2.05, 4.69) is 11.4 Å². The molecule has 1 aliphatic heterocycles. The number of nitrogens with one attached hydrogen (secondary N) is 1. The van der Waals surface area contributed by atoms with E-state index in [1.54, 1.807) is 0 Å². The molecule has 2 aromatic rings.